The second kappa shape index (κ2) is 6.24. The summed E-state index contributed by atoms with van der Waals surface area (Å²) in [6.07, 6.45) is 1.73. The summed E-state index contributed by atoms with van der Waals surface area (Å²) >= 11 is 3.42. The van der Waals surface area contributed by atoms with Gasteiger partial charge in [0.15, 0.2) is 0 Å². The fraction of sp³-hybridized carbons (Fsp3) is 0.400. The lowest BCUT2D eigenvalue weighted by atomic mass is 10.0. The minimum atomic E-state index is -0.270. The molecule has 104 valence electrons. The van der Waals surface area contributed by atoms with Crippen molar-refractivity contribution in [1.29, 1.82) is 0 Å². The number of carbonyl (C=O) groups excluding carboxylic acids is 1. The molecule has 0 aliphatic rings. The summed E-state index contributed by atoms with van der Waals surface area (Å²) in [6, 6.07) is 5.38. The number of hydrogen-bond acceptors (Lipinski definition) is 2. The number of ether oxygens (including phenoxy) is 1. The zero-order valence-corrected chi connectivity index (χ0v) is 13.5. The minimum absolute atomic E-state index is 0.0434. The van der Waals surface area contributed by atoms with Crippen LogP contribution in [0.25, 0.3) is 0 Å². The van der Waals surface area contributed by atoms with E-state index in [1.165, 1.54) is 0 Å². The Morgan fingerprint density at radius 1 is 1.47 bits per heavy atom. The number of rotatable bonds is 4. The summed E-state index contributed by atoms with van der Waals surface area (Å²) in [4.78, 5) is 14.4. The molecule has 0 N–H and O–H groups in total. The van der Waals surface area contributed by atoms with Gasteiger partial charge in [-0.3, -0.25) is 4.79 Å². The fourth-order valence-electron chi connectivity index (χ4n) is 1.73. The van der Waals surface area contributed by atoms with Crippen molar-refractivity contribution in [2.75, 3.05) is 13.7 Å². The van der Waals surface area contributed by atoms with Crippen LogP contribution in [0.4, 0.5) is 0 Å². The van der Waals surface area contributed by atoms with Gasteiger partial charge in [-0.05, 0) is 54.9 Å². The molecule has 0 saturated carbocycles. The van der Waals surface area contributed by atoms with Gasteiger partial charge in [0.2, 0.25) is 0 Å². The van der Waals surface area contributed by atoms with E-state index in [-0.39, 0.29) is 11.4 Å². The summed E-state index contributed by atoms with van der Waals surface area (Å²) in [6.45, 7) is 10.2. The Kier molecular flexibility index (Phi) is 5.18. The Balaban J connectivity index is 3.19. The topological polar surface area (TPSA) is 29.5 Å². The van der Waals surface area contributed by atoms with Gasteiger partial charge in [0.1, 0.15) is 5.75 Å². The minimum Gasteiger partial charge on any atom is -0.497 e. The second-order valence-corrected chi connectivity index (χ2v) is 6.08. The lowest BCUT2D eigenvalue weighted by Crippen LogP contribution is -2.45. The number of carbonyl (C=O) groups is 1. The van der Waals surface area contributed by atoms with Crippen molar-refractivity contribution in [2.24, 2.45) is 0 Å². The van der Waals surface area contributed by atoms with Crippen molar-refractivity contribution < 1.29 is 9.53 Å². The summed E-state index contributed by atoms with van der Waals surface area (Å²) in [5.74, 6) is 0.622. The highest BCUT2D eigenvalue weighted by Gasteiger charge is 2.27. The predicted octanol–water partition coefficient (Wildman–Crippen LogP) is 3.88. The van der Waals surface area contributed by atoms with Gasteiger partial charge < -0.3 is 9.64 Å². The van der Waals surface area contributed by atoms with Crippen LogP contribution < -0.4 is 4.74 Å². The van der Waals surface area contributed by atoms with Crippen LogP contribution in [0, 0.1) is 0 Å². The van der Waals surface area contributed by atoms with E-state index < -0.39 is 0 Å². The molecule has 4 heteroatoms. The lowest BCUT2D eigenvalue weighted by molar-refractivity contribution is 0.0615. The SMILES string of the molecule is C=CCN(C(=O)c1cc(OC)ccc1Br)C(C)(C)C. The molecule has 0 aliphatic carbocycles. The van der Waals surface area contributed by atoms with Crippen molar-refractivity contribution in [3.63, 3.8) is 0 Å². The molecular formula is C15H20BrNO2. The molecule has 0 unspecified atom stereocenters. The van der Waals surface area contributed by atoms with Gasteiger partial charge in [-0.2, -0.15) is 0 Å². The highest BCUT2D eigenvalue weighted by molar-refractivity contribution is 9.10. The molecule has 19 heavy (non-hydrogen) atoms. The molecule has 0 bridgehead atoms. The van der Waals surface area contributed by atoms with Crippen LogP contribution in [0.2, 0.25) is 0 Å². The van der Waals surface area contributed by atoms with E-state index >= 15 is 0 Å². The molecule has 0 aliphatic heterocycles. The molecule has 0 saturated heterocycles. The highest BCUT2D eigenvalue weighted by atomic mass is 79.9. The molecule has 0 spiro atoms. The van der Waals surface area contributed by atoms with Crippen molar-refractivity contribution in [2.45, 2.75) is 26.3 Å². The van der Waals surface area contributed by atoms with E-state index in [4.69, 9.17) is 4.74 Å². The first-order valence-electron chi connectivity index (χ1n) is 6.07. The molecule has 3 nitrogen and oxygen atoms in total. The Labute approximate surface area is 123 Å². The van der Waals surface area contributed by atoms with Crippen LogP contribution in [0.15, 0.2) is 35.3 Å². The number of methoxy groups -OCH3 is 1. The number of nitrogens with zero attached hydrogens (tertiary/aromatic N) is 1. The number of benzene rings is 1. The molecule has 0 aromatic heterocycles. The van der Waals surface area contributed by atoms with Gasteiger partial charge in [-0.25, -0.2) is 0 Å². The van der Waals surface area contributed by atoms with Crippen molar-refractivity contribution in [3.05, 3.63) is 40.9 Å². The molecule has 0 heterocycles. The summed E-state index contributed by atoms with van der Waals surface area (Å²) in [7, 11) is 1.59. The largest absolute Gasteiger partial charge is 0.497 e. The van der Waals surface area contributed by atoms with Crippen LogP contribution in [-0.4, -0.2) is 30.0 Å². The van der Waals surface area contributed by atoms with E-state index in [1.807, 2.05) is 32.9 Å². The lowest BCUT2D eigenvalue weighted by Gasteiger charge is -2.35. The van der Waals surface area contributed by atoms with Crippen molar-refractivity contribution in [1.82, 2.24) is 4.90 Å². The maximum Gasteiger partial charge on any atom is 0.255 e. The van der Waals surface area contributed by atoms with Crippen molar-refractivity contribution in [3.8, 4) is 5.75 Å². The van der Waals surface area contributed by atoms with Gasteiger partial charge in [0.05, 0.1) is 12.7 Å². The molecule has 1 aromatic rings. The van der Waals surface area contributed by atoms with E-state index in [0.29, 0.717) is 17.9 Å². The van der Waals surface area contributed by atoms with Gasteiger partial charge >= 0.3 is 0 Å². The molecule has 1 amide bonds. The third-order valence-corrected chi connectivity index (χ3v) is 3.46. The smallest absolute Gasteiger partial charge is 0.255 e. The molecule has 0 radical (unpaired) electrons. The monoisotopic (exact) mass is 325 g/mol. The molecule has 0 atom stereocenters. The first-order valence-corrected chi connectivity index (χ1v) is 6.87. The Morgan fingerprint density at radius 2 is 2.11 bits per heavy atom. The van der Waals surface area contributed by atoms with Crippen LogP contribution in [-0.2, 0) is 0 Å². The Hall–Kier alpha value is -1.29. The molecular weight excluding hydrogens is 306 g/mol. The fourth-order valence-corrected chi connectivity index (χ4v) is 2.15. The van der Waals surface area contributed by atoms with Crippen molar-refractivity contribution >= 4 is 21.8 Å². The molecule has 1 rings (SSSR count). The van der Waals surface area contributed by atoms with E-state index in [9.17, 15) is 4.79 Å². The van der Waals surface area contributed by atoms with Gasteiger partial charge in [0, 0.05) is 16.6 Å². The first-order chi connectivity index (χ1) is 8.81. The predicted molar refractivity (Wildman–Crippen MR) is 81.7 cm³/mol. The van der Waals surface area contributed by atoms with Crippen LogP contribution in [0.3, 0.4) is 0 Å². The normalized spacial score (nSPS) is 11.0. The molecule has 0 fully saturated rings. The number of halogens is 1. The standard InChI is InChI=1S/C15H20BrNO2/c1-6-9-17(15(2,3)4)14(18)12-10-11(19-5)7-8-13(12)16/h6-8,10H,1,9H2,2-5H3. The number of hydrogen-bond donors (Lipinski definition) is 0. The second-order valence-electron chi connectivity index (χ2n) is 5.22. The zero-order chi connectivity index (χ0) is 14.6. The maximum atomic E-state index is 12.7. The van der Waals surface area contributed by atoms with Crippen LogP contribution >= 0.6 is 15.9 Å². The quantitative estimate of drug-likeness (QED) is 0.786. The first kappa shape index (κ1) is 15.8. The highest BCUT2D eigenvalue weighted by Crippen LogP contribution is 2.26. The van der Waals surface area contributed by atoms with Crippen LogP contribution in [0.5, 0.6) is 5.75 Å². The van der Waals surface area contributed by atoms with E-state index in [0.717, 1.165) is 4.47 Å². The Morgan fingerprint density at radius 3 is 2.58 bits per heavy atom. The average Bonchev–Trinajstić information content (AvgIpc) is 2.34. The molecule has 1 aromatic carbocycles. The zero-order valence-electron chi connectivity index (χ0n) is 11.9. The Bertz CT molecular complexity index is 478. The van der Waals surface area contributed by atoms with E-state index in [1.54, 1.807) is 24.2 Å². The third kappa shape index (κ3) is 3.83. The van der Waals surface area contributed by atoms with Crippen LogP contribution in [0.1, 0.15) is 31.1 Å². The third-order valence-electron chi connectivity index (χ3n) is 2.77. The summed E-state index contributed by atoms with van der Waals surface area (Å²) < 4.78 is 5.93. The summed E-state index contributed by atoms with van der Waals surface area (Å²) in [5, 5.41) is 0. The number of amides is 1. The van der Waals surface area contributed by atoms with Gasteiger partial charge in [-0.1, -0.05) is 6.08 Å². The van der Waals surface area contributed by atoms with Gasteiger partial charge in [-0.15, -0.1) is 6.58 Å². The van der Waals surface area contributed by atoms with Gasteiger partial charge in [0.25, 0.3) is 5.91 Å². The summed E-state index contributed by atoms with van der Waals surface area (Å²) in [5.41, 5.74) is 0.324. The average molecular weight is 326 g/mol. The van der Waals surface area contributed by atoms with E-state index in [2.05, 4.69) is 22.5 Å². The maximum absolute atomic E-state index is 12.7.